The number of para-hydroxylation sites is 1. The lowest BCUT2D eigenvalue weighted by molar-refractivity contribution is -0.142. The predicted octanol–water partition coefficient (Wildman–Crippen LogP) is 5.32. The summed E-state index contributed by atoms with van der Waals surface area (Å²) in [6.07, 6.45) is 1.61. The first kappa shape index (κ1) is 28.9. The van der Waals surface area contributed by atoms with Crippen LogP contribution in [0.5, 0.6) is 5.75 Å². The summed E-state index contributed by atoms with van der Waals surface area (Å²) >= 11 is 0. The smallest absolute Gasteiger partial charge is 0.433 e. The fraction of sp³-hybridized carbons (Fsp3) is 0.533. The first-order chi connectivity index (χ1) is 19.5. The Balaban J connectivity index is 1.30. The number of aryl methyl sites for hydroxylation is 2. The number of fused-ring (bicyclic) bond motifs is 2. The highest BCUT2D eigenvalue weighted by molar-refractivity contribution is 5.93. The van der Waals surface area contributed by atoms with Crippen LogP contribution in [0.15, 0.2) is 36.4 Å². The van der Waals surface area contributed by atoms with Gasteiger partial charge in [-0.25, -0.2) is 9.50 Å². The summed E-state index contributed by atoms with van der Waals surface area (Å²) in [4.78, 5) is 33.9. The van der Waals surface area contributed by atoms with E-state index in [1.807, 2.05) is 30.1 Å². The van der Waals surface area contributed by atoms with Crippen molar-refractivity contribution in [2.24, 2.45) is 5.41 Å². The number of ether oxygens (including phenoxy) is 1. The number of nitrogens with zero attached hydrogens (tertiary/aromatic N) is 5. The Labute approximate surface area is 237 Å². The number of amides is 2. The van der Waals surface area contributed by atoms with Gasteiger partial charge in [0, 0.05) is 44.9 Å². The number of carbonyl (C=O) groups is 2. The average Bonchev–Trinajstić information content (AvgIpc) is 3.36. The van der Waals surface area contributed by atoms with Gasteiger partial charge in [0.1, 0.15) is 11.4 Å². The molecule has 0 saturated carbocycles. The van der Waals surface area contributed by atoms with Gasteiger partial charge in [-0.15, -0.1) is 0 Å². The lowest BCUT2D eigenvalue weighted by atomic mass is 9.73. The van der Waals surface area contributed by atoms with Crippen LogP contribution in [-0.2, 0) is 17.4 Å². The number of piperidine rings is 1. The molecule has 2 aliphatic rings. The second-order valence-electron chi connectivity index (χ2n) is 11.4. The molecule has 0 bridgehead atoms. The van der Waals surface area contributed by atoms with Crippen LogP contribution in [0.2, 0.25) is 0 Å². The van der Waals surface area contributed by atoms with Crippen LogP contribution in [-0.4, -0.2) is 69.5 Å². The van der Waals surface area contributed by atoms with Gasteiger partial charge >= 0.3 is 6.18 Å². The quantitative estimate of drug-likeness (QED) is 0.395. The zero-order valence-electron chi connectivity index (χ0n) is 23.5. The van der Waals surface area contributed by atoms with E-state index in [1.165, 1.54) is 18.6 Å². The lowest BCUT2D eigenvalue weighted by Gasteiger charge is -2.44. The predicted molar refractivity (Wildman–Crippen MR) is 147 cm³/mol. The molecule has 0 radical (unpaired) electrons. The third-order valence-electron chi connectivity index (χ3n) is 8.34. The van der Waals surface area contributed by atoms with Gasteiger partial charge < -0.3 is 14.5 Å². The summed E-state index contributed by atoms with van der Waals surface area (Å²) in [6.45, 7) is 3.47. The van der Waals surface area contributed by atoms with E-state index in [1.54, 1.807) is 4.90 Å². The highest BCUT2D eigenvalue weighted by Gasteiger charge is 2.39. The molecule has 2 aromatic heterocycles. The molecule has 2 amide bonds. The molecule has 1 aromatic carbocycles. The van der Waals surface area contributed by atoms with Crippen molar-refractivity contribution in [3.05, 3.63) is 59.0 Å². The van der Waals surface area contributed by atoms with Crippen molar-refractivity contribution in [3.63, 3.8) is 0 Å². The van der Waals surface area contributed by atoms with E-state index in [9.17, 15) is 22.8 Å². The summed E-state index contributed by atoms with van der Waals surface area (Å²) in [5.41, 5.74) is 0.220. The first-order valence-electron chi connectivity index (χ1n) is 14.2. The van der Waals surface area contributed by atoms with Crippen molar-refractivity contribution in [1.82, 2.24) is 24.4 Å². The van der Waals surface area contributed by atoms with E-state index in [4.69, 9.17) is 4.74 Å². The number of carbonyl (C=O) groups excluding carboxylic acids is 2. The SMILES string of the molecule is Cc1cc(C(F)(F)F)n2nc(C(=O)N3CCC4(CCCCc5ccccc5OCCCC(=O)N(C)C4)CC3)cc2n1. The highest BCUT2D eigenvalue weighted by atomic mass is 19.4. The fourth-order valence-electron chi connectivity index (χ4n) is 6.09. The number of alkyl halides is 3. The summed E-state index contributed by atoms with van der Waals surface area (Å²) in [7, 11) is 1.84. The number of hydrogen-bond donors (Lipinski definition) is 0. The largest absolute Gasteiger partial charge is 0.493 e. The zero-order chi connectivity index (χ0) is 29.2. The molecule has 5 rings (SSSR count). The Bertz CT molecular complexity index is 1410. The maximum absolute atomic E-state index is 13.6. The van der Waals surface area contributed by atoms with Gasteiger partial charge in [-0.1, -0.05) is 24.6 Å². The number of likely N-dealkylation sites (tertiary alicyclic amines) is 1. The van der Waals surface area contributed by atoms with Gasteiger partial charge in [0.15, 0.2) is 11.3 Å². The topological polar surface area (TPSA) is 80.0 Å². The third-order valence-corrected chi connectivity index (χ3v) is 8.34. The third kappa shape index (κ3) is 6.49. The van der Waals surface area contributed by atoms with E-state index in [0.29, 0.717) is 56.4 Å². The van der Waals surface area contributed by atoms with Crippen LogP contribution in [0.25, 0.3) is 5.65 Å². The molecule has 11 heteroatoms. The minimum Gasteiger partial charge on any atom is -0.493 e. The standard InChI is InChI=1S/C30H36F3N5O3/c1-21-18-25(30(31,32)33)38-26(34-21)19-23(35-38)28(40)37-15-13-29(14-16-37)12-6-5-9-22-8-3-4-10-24(22)41-17-7-11-27(39)36(2)20-29/h3-4,8,10,18-19H,5-7,9,11-17,20H2,1-2H3. The summed E-state index contributed by atoms with van der Waals surface area (Å²) in [5.74, 6) is 0.550. The molecule has 4 heterocycles. The van der Waals surface area contributed by atoms with Crippen LogP contribution in [0.4, 0.5) is 13.2 Å². The number of aromatic nitrogens is 3. The Hall–Kier alpha value is -3.63. The molecule has 8 nitrogen and oxygen atoms in total. The van der Waals surface area contributed by atoms with Crippen molar-refractivity contribution < 1.29 is 27.5 Å². The van der Waals surface area contributed by atoms with Gasteiger partial charge in [0.2, 0.25) is 5.91 Å². The molecule has 2 aliphatic heterocycles. The maximum atomic E-state index is 13.6. The lowest BCUT2D eigenvalue weighted by Crippen LogP contribution is -2.48. The summed E-state index contributed by atoms with van der Waals surface area (Å²) < 4.78 is 47.4. The van der Waals surface area contributed by atoms with Gasteiger partial charge in [0.05, 0.1) is 6.61 Å². The molecular weight excluding hydrogens is 535 g/mol. The molecule has 1 fully saturated rings. The van der Waals surface area contributed by atoms with E-state index < -0.39 is 17.8 Å². The van der Waals surface area contributed by atoms with Crippen molar-refractivity contribution >= 4 is 17.5 Å². The molecule has 0 unspecified atom stereocenters. The van der Waals surface area contributed by atoms with Crippen molar-refractivity contribution in [2.75, 3.05) is 33.3 Å². The Morgan fingerprint density at radius 3 is 2.54 bits per heavy atom. The average molecular weight is 572 g/mol. The van der Waals surface area contributed by atoms with E-state index in [2.05, 4.69) is 16.1 Å². The van der Waals surface area contributed by atoms with Gasteiger partial charge in [-0.3, -0.25) is 9.59 Å². The molecule has 3 aromatic rings. The molecule has 220 valence electrons. The fourth-order valence-corrected chi connectivity index (χ4v) is 6.09. The van der Waals surface area contributed by atoms with E-state index >= 15 is 0 Å². The van der Waals surface area contributed by atoms with Crippen LogP contribution in [0.1, 0.15) is 72.4 Å². The summed E-state index contributed by atoms with van der Waals surface area (Å²) in [6, 6.07) is 10.3. The highest BCUT2D eigenvalue weighted by Crippen LogP contribution is 2.39. The normalized spacial score (nSPS) is 19.1. The Morgan fingerprint density at radius 1 is 1.02 bits per heavy atom. The number of rotatable bonds is 1. The molecule has 1 saturated heterocycles. The molecular formula is C30H36F3N5O3. The van der Waals surface area contributed by atoms with Gasteiger partial charge in [-0.05, 0) is 68.6 Å². The van der Waals surface area contributed by atoms with E-state index in [-0.39, 0.29) is 28.4 Å². The van der Waals surface area contributed by atoms with Gasteiger partial charge in [-0.2, -0.15) is 18.3 Å². The maximum Gasteiger partial charge on any atom is 0.433 e. The zero-order valence-corrected chi connectivity index (χ0v) is 23.5. The molecule has 0 aliphatic carbocycles. The second-order valence-corrected chi connectivity index (χ2v) is 11.4. The monoisotopic (exact) mass is 571 g/mol. The molecule has 1 spiro atoms. The molecule has 41 heavy (non-hydrogen) atoms. The van der Waals surface area contributed by atoms with Crippen molar-refractivity contribution in [3.8, 4) is 5.75 Å². The number of hydrogen-bond acceptors (Lipinski definition) is 5. The first-order valence-corrected chi connectivity index (χ1v) is 14.2. The minimum atomic E-state index is -4.62. The Morgan fingerprint density at radius 2 is 1.78 bits per heavy atom. The van der Waals surface area contributed by atoms with Crippen molar-refractivity contribution in [2.45, 2.75) is 64.5 Å². The second kappa shape index (κ2) is 11.7. The van der Waals surface area contributed by atoms with Crippen LogP contribution < -0.4 is 4.74 Å². The Kier molecular flexibility index (Phi) is 8.24. The minimum absolute atomic E-state index is 0.00713. The summed E-state index contributed by atoms with van der Waals surface area (Å²) in [5, 5.41) is 4.01. The number of benzene rings is 1. The van der Waals surface area contributed by atoms with E-state index in [0.717, 1.165) is 37.5 Å². The molecule has 0 N–H and O–H groups in total. The van der Waals surface area contributed by atoms with Crippen LogP contribution in [0.3, 0.4) is 0 Å². The molecule has 0 atom stereocenters. The van der Waals surface area contributed by atoms with Crippen molar-refractivity contribution in [1.29, 1.82) is 0 Å². The van der Waals surface area contributed by atoms with Crippen LogP contribution in [0, 0.1) is 12.3 Å². The van der Waals surface area contributed by atoms with Gasteiger partial charge in [0.25, 0.3) is 5.91 Å². The van der Waals surface area contributed by atoms with Crippen LogP contribution >= 0.6 is 0 Å². The number of halogens is 3.